The van der Waals surface area contributed by atoms with Crippen LogP contribution >= 0.6 is 11.3 Å². The Morgan fingerprint density at radius 2 is 1.71 bits per heavy atom. The predicted molar refractivity (Wildman–Crippen MR) is 130 cm³/mol. The van der Waals surface area contributed by atoms with Crippen molar-refractivity contribution in [2.75, 3.05) is 14.2 Å². The molecule has 0 saturated heterocycles. The van der Waals surface area contributed by atoms with Gasteiger partial charge in [0.25, 0.3) is 10.0 Å². The summed E-state index contributed by atoms with van der Waals surface area (Å²) in [7, 11) is -0.598. The molecule has 34 heavy (non-hydrogen) atoms. The summed E-state index contributed by atoms with van der Waals surface area (Å²) in [6.45, 7) is 0.326. The van der Waals surface area contributed by atoms with Gasteiger partial charge in [-0.15, -0.1) is 11.3 Å². The Morgan fingerprint density at radius 3 is 2.29 bits per heavy atom. The summed E-state index contributed by atoms with van der Waals surface area (Å²) >= 11 is 1.23. The average molecular weight is 506 g/mol. The highest BCUT2D eigenvalue weighted by molar-refractivity contribution is 7.91. The Morgan fingerprint density at radius 1 is 1.00 bits per heavy atom. The Balaban J connectivity index is 1.63. The van der Waals surface area contributed by atoms with E-state index in [1.807, 2.05) is 0 Å². The average Bonchev–Trinajstić information content (AvgIpc) is 3.56. The van der Waals surface area contributed by atoms with E-state index in [0.29, 0.717) is 27.0 Å². The van der Waals surface area contributed by atoms with Crippen molar-refractivity contribution in [3.8, 4) is 17.2 Å². The molecule has 0 spiro atoms. The highest BCUT2D eigenvalue weighted by atomic mass is 32.2. The molecule has 4 rings (SSSR count). The number of hydrogen-bond donors (Lipinski definition) is 0. The number of methoxy groups -OCH3 is 2. The van der Waals surface area contributed by atoms with E-state index in [9.17, 15) is 12.8 Å². The fourth-order valence-electron chi connectivity index (χ4n) is 4.26. The minimum Gasteiger partial charge on any atom is -0.493 e. The number of hydrogen-bond acceptors (Lipinski definition) is 6. The molecule has 0 aliphatic heterocycles. The number of ether oxygens (including phenoxy) is 3. The Labute approximate surface area is 203 Å². The predicted octanol–water partition coefficient (Wildman–Crippen LogP) is 5.62. The molecule has 1 heterocycles. The summed E-state index contributed by atoms with van der Waals surface area (Å²) in [6.07, 6.45) is 3.71. The molecule has 1 fully saturated rings. The van der Waals surface area contributed by atoms with Gasteiger partial charge in [-0.25, -0.2) is 12.8 Å². The third kappa shape index (κ3) is 5.37. The number of benzene rings is 2. The molecule has 0 amide bonds. The molecular weight excluding hydrogens is 477 g/mol. The second-order valence-electron chi connectivity index (χ2n) is 8.17. The highest BCUT2D eigenvalue weighted by Crippen LogP contribution is 2.40. The van der Waals surface area contributed by atoms with Crippen LogP contribution in [0.1, 0.15) is 36.8 Å². The van der Waals surface area contributed by atoms with Crippen molar-refractivity contribution in [2.24, 2.45) is 0 Å². The second kappa shape index (κ2) is 10.8. The molecular formula is C25H28FNO5S2. The molecule has 0 bridgehead atoms. The molecule has 0 radical (unpaired) electrons. The number of nitrogens with zero attached hydrogens (tertiary/aromatic N) is 1. The minimum atomic E-state index is -3.64. The molecule has 2 aromatic carbocycles. The van der Waals surface area contributed by atoms with Crippen molar-refractivity contribution in [1.82, 2.24) is 4.31 Å². The van der Waals surface area contributed by atoms with Gasteiger partial charge in [-0.3, -0.25) is 0 Å². The first-order chi connectivity index (χ1) is 16.4. The summed E-state index contributed by atoms with van der Waals surface area (Å²) in [5.74, 6) is 0.886. The van der Waals surface area contributed by atoms with Crippen LogP contribution in [0.2, 0.25) is 0 Å². The van der Waals surface area contributed by atoms with Crippen LogP contribution in [0, 0.1) is 5.82 Å². The van der Waals surface area contributed by atoms with E-state index in [0.717, 1.165) is 31.2 Å². The van der Waals surface area contributed by atoms with E-state index >= 15 is 0 Å². The molecule has 1 aromatic heterocycles. The van der Waals surface area contributed by atoms with Gasteiger partial charge in [0.2, 0.25) is 5.75 Å². The van der Waals surface area contributed by atoms with Crippen LogP contribution in [0.15, 0.2) is 58.1 Å². The van der Waals surface area contributed by atoms with Crippen LogP contribution in [0.5, 0.6) is 17.2 Å². The van der Waals surface area contributed by atoms with E-state index < -0.39 is 10.0 Å². The van der Waals surface area contributed by atoms with Crippen LogP contribution in [-0.4, -0.2) is 33.0 Å². The summed E-state index contributed by atoms with van der Waals surface area (Å²) in [5.41, 5.74) is 1.40. The quantitative estimate of drug-likeness (QED) is 0.358. The molecule has 0 N–H and O–H groups in total. The van der Waals surface area contributed by atoms with E-state index in [1.54, 1.807) is 46.1 Å². The Bertz CT molecular complexity index is 1180. The number of rotatable bonds is 10. The lowest BCUT2D eigenvalue weighted by molar-refractivity contribution is 0.264. The Kier molecular flexibility index (Phi) is 7.75. The molecule has 1 aliphatic carbocycles. The monoisotopic (exact) mass is 505 g/mol. The van der Waals surface area contributed by atoms with Crippen LogP contribution < -0.4 is 14.2 Å². The lowest BCUT2D eigenvalue weighted by atomic mass is 10.1. The number of halogens is 1. The maximum Gasteiger partial charge on any atom is 0.253 e. The van der Waals surface area contributed by atoms with E-state index in [-0.39, 0.29) is 25.0 Å². The lowest BCUT2D eigenvalue weighted by Gasteiger charge is -2.28. The van der Waals surface area contributed by atoms with Gasteiger partial charge in [-0.05, 0) is 59.7 Å². The maximum atomic E-state index is 13.5. The maximum absolute atomic E-state index is 13.5. The zero-order valence-electron chi connectivity index (χ0n) is 19.2. The molecule has 9 heteroatoms. The standard InChI is InChI=1S/C25H28FNO5S2/c1-30-22-14-19(15-23(31-2)25(22)32-17-18-7-5-8-20(26)13-18)16-27(21-9-3-4-10-21)34(28,29)24-11-6-12-33-24/h5-8,11-15,21H,3-4,9-10,16-17H2,1-2H3. The first kappa shape index (κ1) is 24.5. The second-order valence-corrected chi connectivity index (χ2v) is 11.2. The summed E-state index contributed by atoms with van der Waals surface area (Å²) in [4.78, 5) is 0. The van der Waals surface area contributed by atoms with Crippen molar-refractivity contribution < 1.29 is 27.0 Å². The van der Waals surface area contributed by atoms with Gasteiger partial charge in [0.1, 0.15) is 16.6 Å². The topological polar surface area (TPSA) is 65.1 Å². The summed E-state index contributed by atoms with van der Waals surface area (Å²) in [5, 5.41) is 1.77. The summed E-state index contributed by atoms with van der Waals surface area (Å²) in [6, 6.07) is 13.1. The van der Waals surface area contributed by atoms with Gasteiger partial charge in [-0.2, -0.15) is 4.31 Å². The first-order valence-corrected chi connectivity index (χ1v) is 13.4. The normalized spacial score (nSPS) is 14.5. The fourth-order valence-corrected chi connectivity index (χ4v) is 7.05. The summed E-state index contributed by atoms with van der Waals surface area (Å²) < 4.78 is 59.5. The highest BCUT2D eigenvalue weighted by Gasteiger charge is 2.34. The van der Waals surface area contributed by atoms with Gasteiger partial charge in [0.15, 0.2) is 11.5 Å². The fraction of sp³-hybridized carbons (Fsp3) is 0.360. The van der Waals surface area contributed by atoms with Gasteiger partial charge in [-0.1, -0.05) is 31.0 Å². The molecule has 3 aromatic rings. The third-order valence-electron chi connectivity index (χ3n) is 5.92. The van der Waals surface area contributed by atoms with E-state index in [2.05, 4.69) is 0 Å². The lowest BCUT2D eigenvalue weighted by Crippen LogP contribution is -2.37. The van der Waals surface area contributed by atoms with Crippen molar-refractivity contribution in [2.45, 2.75) is 49.1 Å². The van der Waals surface area contributed by atoms with Crippen LogP contribution in [0.4, 0.5) is 4.39 Å². The van der Waals surface area contributed by atoms with Crippen LogP contribution in [-0.2, 0) is 23.2 Å². The van der Waals surface area contributed by atoms with Crippen molar-refractivity contribution in [1.29, 1.82) is 0 Å². The number of sulfonamides is 1. The van der Waals surface area contributed by atoms with Crippen molar-refractivity contribution in [3.63, 3.8) is 0 Å². The van der Waals surface area contributed by atoms with Crippen molar-refractivity contribution in [3.05, 3.63) is 70.9 Å². The molecule has 6 nitrogen and oxygen atoms in total. The zero-order chi connectivity index (χ0) is 24.1. The minimum absolute atomic E-state index is 0.0482. The SMILES string of the molecule is COc1cc(CN(C2CCCC2)S(=O)(=O)c2cccs2)cc(OC)c1OCc1cccc(F)c1. The molecule has 0 atom stereocenters. The molecule has 1 saturated carbocycles. The van der Waals surface area contributed by atoms with Crippen LogP contribution in [0.25, 0.3) is 0 Å². The zero-order valence-corrected chi connectivity index (χ0v) is 20.8. The third-order valence-corrected chi connectivity index (χ3v) is 9.19. The van der Waals surface area contributed by atoms with Gasteiger partial charge in [0, 0.05) is 12.6 Å². The van der Waals surface area contributed by atoms with Crippen LogP contribution in [0.3, 0.4) is 0 Å². The largest absolute Gasteiger partial charge is 0.493 e. The van der Waals surface area contributed by atoms with E-state index in [1.165, 1.54) is 37.7 Å². The molecule has 1 aliphatic rings. The number of thiophene rings is 1. The van der Waals surface area contributed by atoms with Gasteiger partial charge >= 0.3 is 0 Å². The van der Waals surface area contributed by atoms with Gasteiger partial charge in [0.05, 0.1) is 14.2 Å². The smallest absolute Gasteiger partial charge is 0.253 e. The Hall–Kier alpha value is -2.62. The molecule has 182 valence electrons. The van der Waals surface area contributed by atoms with E-state index in [4.69, 9.17) is 14.2 Å². The van der Waals surface area contributed by atoms with Crippen molar-refractivity contribution >= 4 is 21.4 Å². The first-order valence-electron chi connectivity index (χ1n) is 11.1. The molecule has 0 unspecified atom stereocenters. The van der Waals surface area contributed by atoms with Gasteiger partial charge < -0.3 is 14.2 Å².